The molecule has 4 nitrogen and oxygen atoms in total. The second-order valence-electron chi connectivity index (χ2n) is 4.05. The Morgan fingerprint density at radius 1 is 1.53 bits per heavy atom. The number of benzene rings is 1. The number of hydrogen-bond donors (Lipinski definition) is 1. The predicted molar refractivity (Wildman–Crippen MR) is 77.3 cm³/mol. The van der Waals surface area contributed by atoms with Crippen molar-refractivity contribution in [2.45, 2.75) is 12.6 Å². The van der Waals surface area contributed by atoms with Crippen LogP contribution in [0.2, 0.25) is 5.02 Å². The molecule has 0 saturated carbocycles. The molecule has 1 aromatic heterocycles. The summed E-state index contributed by atoms with van der Waals surface area (Å²) in [5.41, 5.74) is 1.42. The van der Waals surface area contributed by atoms with Gasteiger partial charge in [-0.25, -0.2) is 0 Å². The normalized spacial score (nSPS) is 12.6. The van der Waals surface area contributed by atoms with Crippen molar-refractivity contribution in [1.29, 1.82) is 0 Å². The summed E-state index contributed by atoms with van der Waals surface area (Å²) in [6, 6.07) is 7.16. The molecule has 1 atom stereocenters. The standard InChI is InChI=1S/C13H14BrClN2O2/c1-19-6-5-17-12(11(14)8-16-17)13(18)9-3-2-4-10(15)7-9/h2-4,7-8,13,18H,5-6H2,1H3. The van der Waals surface area contributed by atoms with Crippen LogP contribution in [0.15, 0.2) is 34.9 Å². The van der Waals surface area contributed by atoms with Gasteiger partial charge in [0, 0.05) is 12.1 Å². The van der Waals surface area contributed by atoms with Crippen molar-refractivity contribution in [2.75, 3.05) is 13.7 Å². The van der Waals surface area contributed by atoms with E-state index >= 15 is 0 Å². The number of methoxy groups -OCH3 is 1. The highest BCUT2D eigenvalue weighted by atomic mass is 79.9. The molecule has 0 spiro atoms. The fourth-order valence-electron chi connectivity index (χ4n) is 1.83. The van der Waals surface area contributed by atoms with Crippen LogP contribution < -0.4 is 0 Å². The number of hydrogen-bond acceptors (Lipinski definition) is 3. The number of aliphatic hydroxyl groups is 1. The third-order valence-corrected chi connectivity index (χ3v) is 3.61. The lowest BCUT2D eigenvalue weighted by molar-refractivity contribution is 0.171. The Labute approximate surface area is 125 Å². The molecular weight excluding hydrogens is 332 g/mol. The molecule has 0 aliphatic heterocycles. The van der Waals surface area contributed by atoms with E-state index in [2.05, 4.69) is 21.0 Å². The van der Waals surface area contributed by atoms with E-state index in [0.717, 1.165) is 10.0 Å². The van der Waals surface area contributed by atoms with E-state index in [-0.39, 0.29) is 0 Å². The number of aromatic nitrogens is 2. The lowest BCUT2D eigenvalue weighted by Crippen LogP contribution is -2.13. The first-order chi connectivity index (χ1) is 9.13. The van der Waals surface area contributed by atoms with Crippen LogP contribution in [0.5, 0.6) is 0 Å². The van der Waals surface area contributed by atoms with Gasteiger partial charge in [0.25, 0.3) is 0 Å². The zero-order valence-corrected chi connectivity index (χ0v) is 12.7. The summed E-state index contributed by atoms with van der Waals surface area (Å²) in [6.45, 7) is 1.11. The summed E-state index contributed by atoms with van der Waals surface area (Å²) in [6.07, 6.45) is 0.881. The summed E-state index contributed by atoms with van der Waals surface area (Å²) < 4.78 is 7.52. The molecule has 19 heavy (non-hydrogen) atoms. The van der Waals surface area contributed by atoms with Crippen LogP contribution in [0, 0.1) is 0 Å². The number of halogens is 2. The Bertz CT molecular complexity index is 559. The van der Waals surface area contributed by atoms with Gasteiger partial charge in [-0.3, -0.25) is 4.68 Å². The number of aliphatic hydroxyl groups excluding tert-OH is 1. The molecular formula is C13H14BrClN2O2. The van der Waals surface area contributed by atoms with Gasteiger partial charge in [0.15, 0.2) is 0 Å². The monoisotopic (exact) mass is 344 g/mol. The molecule has 1 aromatic carbocycles. The van der Waals surface area contributed by atoms with Crippen LogP contribution in [0.4, 0.5) is 0 Å². The minimum Gasteiger partial charge on any atom is -0.383 e. The molecule has 0 amide bonds. The minimum atomic E-state index is -0.785. The number of ether oxygens (including phenoxy) is 1. The Balaban J connectivity index is 2.32. The van der Waals surface area contributed by atoms with E-state index in [4.69, 9.17) is 16.3 Å². The van der Waals surface area contributed by atoms with Gasteiger partial charge in [-0.1, -0.05) is 23.7 Å². The highest BCUT2D eigenvalue weighted by Gasteiger charge is 2.19. The topological polar surface area (TPSA) is 47.3 Å². The first-order valence-corrected chi connectivity index (χ1v) is 6.94. The molecule has 2 rings (SSSR count). The smallest absolute Gasteiger partial charge is 0.122 e. The average Bonchev–Trinajstić information content (AvgIpc) is 2.76. The third kappa shape index (κ3) is 3.36. The van der Waals surface area contributed by atoms with Gasteiger partial charge in [-0.2, -0.15) is 5.10 Å². The summed E-state index contributed by atoms with van der Waals surface area (Å²) in [5, 5.41) is 15.3. The van der Waals surface area contributed by atoms with Gasteiger partial charge >= 0.3 is 0 Å². The van der Waals surface area contributed by atoms with Gasteiger partial charge < -0.3 is 9.84 Å². The van der Waals surface area contributed by atoms with E-state index < -0.39 is 6.10 Å². The fraction of sp³-hybridized carbons (Fsp3) is 0.308. The van der Waals surface area contributed by atoms with Gasteiger partial charge in [-0.05, 0) is 33.6 Å². The Morgan fingerprint density at radius 2 is 2.32 bits per heavy atom. The summed E-state index contributed by atoms with van der Waals surface area (Å²) in [4.78, 5) is 0. The van der Waals surface area contributed by atoms with Crippen molar-refractivity contribution in [3.8, 4) is 0 Å². The zero-order valence-electron chi connectivity index (χ0n) is 10.4. The summed E-state index contributed by atoms with van der Waals surface area (Å²) in [7, 11) is 1.63. The van der Waals surface area contributed by atoms with Gasteiger partial charge in [-0.15, -0.1) is 0 Å². The molecule has 0 aliphatic carbocycles. The van der Waals surface area contributed by atoms with Crippen molar-refractivity contribution in [2.24, 2.45) is 0 Å². The number of nitrogens with zero attached hydrogens (tertiary/aromatic N) is 2. The van der Waals surface area contributed by atoms with Crippen molar-refractivity contribution in [3.05, 3.63) is 51.2 Å². The fourth-order valence-corrected chi connectivity index (χ4v) is 2.55. The van der Waals surface area contributed by atoms with E-state index in [1.54, 1.807) is 30.1 Å². The maximum atomic E-state index is 10.5. The quantitative estimate of drug-likeness (QED) is 0.906. The van der Waals surface area contributed by atoms with E-state index in [0.29, 0.717) is 23.9 Å². The first-order valence-electron chi connectivity index (χ1n) is 5.77. The second-order valence-corrected chi connectivity index (χ2v) is 5.34. The highest BCUT2D eigenvalue weighted by molar-refractivity contribution is 9.10. The zero-order chi connectivity index (χ0) is 13.8. The van der Waals surface area contributed by atoms with Gasteiger partial charge in [0.1, 0.15) is 6.10 Å². The maximum absolute atomic E-state index is 10.5. The molecule has 6 heteroatoms. The second kappa shape index (κ2) is 6.52. The molecule has 1 heterocycles. The molecule has 1 N–H and O–H groups in total. The molecule has 1 unspecified atom stereocenters. The van der Waals surface area contributed by atoms with Crippen LogP contribution in [-0.4, -0.2) is 28.6 Å². The van der Waals surface area contributed by atoms with Crippen LogP contribution in [0.1, 0.15) is 17.4 Å². The van der Waals surface area contributed by atoms with Crippen molar-refractivity contribution >= 4 is 27.5 Å². The summed E-state index contributed by atoms with van der Waals surface area (Å²) >= 11 is 9.36. The predicted octanol–water partition coefficient (Wildman–Crippen LogP) is 3.03. The minimum absolute atomic E-state index is 0.531. The van der Waals surface area contributed by atoms with Crippen LogP contribution in [0.25, 0.3) is 0 Å². The molecule has 0 radical (unpaired) electrons. The maximum Gasteiger partial charge on any atom is 0.122 e. The molecule has 0 fully saturated rings. The molecule has 102 valence electrons. The number of rotatable bonds is 5. The van der Waals surface area contributed by atoms with Crippen LogP contribution in [0.3, 0.4) is 0 Å². The summed E-state index contributed by atoms with van der Waals surface area (Å²) in [5.74, 6) is 0. The van der Waals surface area contributed by atoms with Crippen LogP contribution in [-0.2, 0) is 11.3 Å². The molecule has 0 saturated heterocycles. The average molecular weight is 346 g/mol. The Morgan fingerprint density at radius 3 is 3.00 bits per heavy atom. The highest BCUT2D eigenvalue weighted by Crippen LogP contribution is 2.29. The Kier molecular flexibility index (Phi) is 4.99. The van der Waals surface area contributed by atoms with Crippen molar-refractivity contribution in [3.63, 3.8) is 0 Å². The Hall–Kier alpha value is -0.880. The third-order valence-electron chi connectivity index (χ3n) is 2.76. The molecule has 2 aromatic rings. The van der Waals surface area contributed by atoms with E-state index in [9.17, 15) is 5.11 Å². The van der Waals surface area contributed by atoms with Crippen molar-refractivity contribution < 1.29 is 9.84 Å². The lowest BCUT2D eigenvalue weighted by Gasteiger charge is -2.14. The molecule has 0 aliphatic rings. The largest absolute Gasteiger partial charge is 0.383 e. The van der Waals surface area contributed by atoms with Gasteiger partial charge in [0.2, 0.25) is 0 Å². The van der Waals surface area contributed by atoms with Crippen LogP contribution >= 0.6 is 27.5 Å². The SMILES string of the molecule is COCCn1ncc(Br)c1C(O)c1cccc(Cl)c1. The molecule has 0 bridgehead atoms. The lowest BCUT2D eigenvalue weighted by atomic mass is 10.1. The van der Waals surface area contributed by atoms with Gasteiger partial charge in [0.05, 0.1) is 29.5 Å². The first kappa shape index (κ1) is 14.5. The van der Waals surface area contributed by atoms with E-state index in [1.165, 1.54) is 0 Å². The van der Waals surface area contributed by atoms with E-state index in [1.807, 2.05) is 12.1 Å². The van der Waals surface area contributed by atoms with Crippen molar-refractivity contribution in [1.82, 2.24) is 9.78 Å².